The lowest BCUT2D eigenvalue weighted by atomic mass is 10.00. The predicted octanol–water partition coefficient (Wildman–Crippen LogP) is 2.61. The van der Waals surface area contributed by atoms with Crippen LogP contribution in [-0.4, -0.2) is 56.0 Å². The van der Waals surface area contributed by atoms with Crippen molar-refractivity contribution in [1.29, 1.82) is 0 Å². The van der Waals surface area contributed by atoms with Gasteiger partial charge in [-0.15, -0.1) is 0 Å². The molecule has 0 saturated carbocycles. The van der Waals surface area contributed by atoms with Crippen molar-refractivity contribution in [2.24, 2.45) is 0 Å². The van der Waals surface area contributed by atoms with Gasteiger partial charge in [0.1, 0.15) is 11.6 Å². The lowest BCUT2D eigenvalue weighted by molar-refractivity contribution is 0.122. The van der Waals surface area contributed by atoms with Gasteiger partial charge in [0.25, 0.3) is 5.56 Å². The number of benzene rings is 1. The summed E-state index contributed by atoms with van der Waals surface area (Å²) in [6.07, 6.45) is 5.43. The first-order chi connectivity index (χ1) is 14.2. The van der Waals surface area contributed by atoms with E-state index in [1.165, 1.54) is 18.4 Å². The molecule has 156 valence electrons. The maximum absolute atomic E-state index is 12.4. The first-order valence-electron chi connectivity index (χ1n) is 10.6. The summed E-state index contributed by atoms with van der Waals surface area (Å²) in [5, 5.41) is 0. The Morgan fingerprint density at radius 1 is 1.17 bits per heavy atom. The van der Waals surface area contributed by atoms with Gasteiger partial charge in [-0.05, 0) is 30.9 Å². The van der Waals surface area contributed by atoms with Crippen molar-refractivity contribution in [2.75, 3.05) is 49.8 Å². The highest BCUT2D eigenvalue weighted by atomic mass is 16.5. The maximum atomic E-state index is 12.4. The molecule has 1 aromatic carbocycles. The van der Waals surface area contributed by atoms with E-state index in [0.717, 1.165) is 50.5 Å². The summed E-state index contributed by atoms with van der Waals surface area (Å²) in [6, 6.07) is 10.1. The minimum absolute atomic E-state index is 0.100. The molecule has 1 N–H and O–H groups in total. The summed E-state index contributed by atoms with van der Waals surface area (Å²) in [5.74, 6) is 2.34. The number of nitrogens with zero attached hydrogens (tertiary/aromatic N) is 3. The summed E-state index contributed by atoms with van der Waals surface area (Å²) in [7, 11) is 1.72. The Morgan fingerprint density at radius 3 is 2.83 bits per heavy atom. The number of aromatic amines is 1. The molecule has 0 amide bonds. The molecule has 4 rings (SSSR count). The number of aromatic nitrogens is 2. The number of anilines is 2. The fourth-order valence-electron chi connectivity index (χ4n) is 4.32. The third-order valence-electron chi connectivity index (χ3n) is 5.85. The van der Waals surface area contributed by atoms with Crippen LogP contribution in [0, 0.1) is 0 Å². The zero-order chi connectivity index (χ0) is 20.1. The number of para-hydroxylation sites is 1. The number of methoxy groups -OCH3 is 1. The van der Waals surface area contributed by atoms with E-state index in [1.54, 1.807) is 13.2 Å². The lowest BCUT2D eigenvalue weighted by Gasteiger charge is -2.33. The molecular formula is C22H30N4O3. The average molecular weight is 399 g/mol. The molecule has 1 atom stereocenters. The van der Waals surface area contributed by atoms with E-state index in [4.69, 9.17) is 14.5 Å². The molecule has 2 saturated heterocycles. The number of ether oxygens (including phenoxy) is 2. The zero-order valence-corrected chi connectivity index (χ0v) is 17.1. The number of nitrogens with one attached hydrogen (secondary N) is 1. The van der Waals surface area contributed by atoms with E-state index >= 15 is 0 Å². The van der Waals surface area contributed by atoms with Crippen LogP contribution in [0.25, 0.3) is 0 Å². The van der Waals surface area contributed by atoms with Gasteiger partial charge in [-0.25, -0.2) is 0 Å². The van der Waals surface area contributed by atoms with Gasteiger partial charge in [0, 0.05) is 31.7 Å². The van der Waals surface area contributed by atoms with Crippen molar-refractivity contribution in [3.8, 4) is 5.75 Å². The van der Waals surface area contributed by atoms with E-state index in [9.17, 15) is 4.79 Å². The second kappa shape index (κ2) is 9.31. The van der Waals surface area contributed by atoms with Gasteiger partial charge >= 0.3 is 0 Å². The molecule has 7 heteroatoms. The highest BCUT2D eigenvalue weighted by molar-refractivity contribution is 5.45. The van der Waals surface area contributed by atoms with Gasteiger partial charge < -0.3 is 19.3 Å². The number of rotatable bonds is 5. The largest absolute Gasteiger partial charge is 0.496 e. The van der Waals surface area contributed by atoms with Gasteiger partial charge in [-0.1, -0.05) is 31.0 Å². The van der Waals surface area contributed by atoms with Crippen molar-refractivity contribution >= 4 is 11.8 Å². The zero-order valence-electron chi connectivity index (χ0n) is 17.1. The summed E-state index contributed by atoms with van der Waals surface area (Å²) in [5.41, 5.74) is 1.09. The molecule has 0 unspecified atom stereocenters. The van der Waals surface area contributed by atoms with Crippen LogP contribution in [0.2, 0.25) is 0 Å². The molecule has 0 aliphatic carbocycles. The van der Waals surface area contributed by atoms with Crippen LogP contribution in [0.3, 0.4) is 0 Å². The quantitative estimate of drug-likeness (QED) is 0.835. The van der Waals surface area contributed by atoms with Crippen LogP contribution in [0.15, 0.2) is 35.1 Å². The summed E-state index contributed by atoms with van der Waals surface area (Å²) < 4.78 is 11.0. The Balaban J connectivity index is 1.63. The van der Waals surface area contributed by atoms with Crippen LogP contribution < -0.4 is 20.1 Å². The van der Waals surface area contributed by atoms with Crippen molar-refractivity contribution in [2.45, 2.75) is 38.1 Å². The Hall–Kier alpha value is -2.54. The third kappa shape index (κ3) is 4.72. The van der Waals surface area contributed by atoms with Crippen LogP contribution in [0.1, 0.15) is 31.2 Å². The molecule has 2 aromatic rings. The molecule has 2 aliphatic heterocycles. The molecule has 2 aliphatic rings. The van der Waals surface area contributed by atoms with Gasteiger partial charge in [-0.3, -0.25) is 9.78 Å². The predicted molar refractivity (Wildman–Crippen MR) is 114 cm³/mol. The molecule has 1 aromatic heterocycles. The monoisotopic (exact) mass is 398 g/mol. The van der Waals surface area contributed by atoms with Crippen molar-refractivity contribution in [1.82, 2.24) is 9.97 Å². The number of H-pyrrole nitrogens is 1. The standard InChI is InChI=1S/C22H30N4O3/c1-28-19-9-5-4-7-17(19)15-18-8-3-2-6-10-26(18)22-23-20(16-21(27)24-22)25-11-13-29-14-12-25/h4-5,7,9,16,18H,2-3,6,8,10-15H2,1H3,(H,23,24,27)/t18-/m1/s1. The van der Waals surface area contributed by atoms with Crippen LogP contribution in [-0.2, 0) is 11.2 Å². The smallest absolute Gasteiger partial charge is 0.254 e. The maximum Gasteiger partial charge on any atom is 0.254 e. The van der Waals surface area contributed by atoms with Crippen LogP contribution >= 0.6 is 0 Å². The first-order valence-corrected chi connectivity index (χ1v) is 10.6. The van der Waals surface area contributed by atoms with Crippen molar-refractivity contribution in [3.05, 3.63) is 46.2 Å². The normalized spacial score (nSPS) is 20.4. The molecular weight excluding hydrogens is 368 g/mol. The Kier molecular flexibility index (Phi) is 6.34. The SMILES string of the molecule is COc1ccccc1C[C@H]1CCCCCN1c1nc(N2CCOCC2)cc(=O)[nH]1. The molecule has 7 nitrogen and oxygen atoms in total. The fourth-order valence-corrected chi connectivity index (χ4v) is 4.32. The first kappa shape index (κ1) is 19.8. The Bertz CT molecular complexity index is 863. The highest BCUT2D eigenvalue weighted by Gasteiger charge is 2.25. The summed E-state index contributed by atoms with van der Waals surface area (Å²) >= 11 is 0. The molecule has 0 spiro atoms. The van der Waals surface area contributed by atoms with E-state index in [0.29, 0.717) is 19.2 Å². The molecule has 29 heavy (non-hydrogen) atoms. The van der Waals surface area contributed by atoms with Crippen molar-refractivity contribution in [3.63, 3.8) is 0 Å². The lowest BCUT2D eigenvalue weighted by Crippen LogP contribution is -2.41. The van der Waals surface area contributed by atoms with Crippen molar-refractivity contribution < 1.29 is 9.47 Å². The van der Waals surface area contributed by atoms with E-state index in [2.05, 4.69) is 26.9 Å². The van der Waals surface area contributed by atoms with Gasteiger partial charge in [0.15, 0.2) is 0 Å². The molecule has 2 fully saturated rings. The summed E-state index contributed by atoms with van der Waals surface area (Å²) in [6.45, 7) is 3.77. The molecule has 0 bridgehead atoms. The minimum atomic E-state index is -0.100. The minimum Gasteiger partial charge on any atom is -0.496 e. The second-order valence-electron chi connectivity index (χ2n) is 7.74. The van der Waals surface area contributed by atoms with E-state index in [-0.39, 0.29) is 11.6 Å². The molecule has 0 radical (unpaired) electrons. The third-order valence-corrected chi connectivity index (χ3v) is 5.85. The average Bonchev–Trinajstić information content (AvgIpc) is 3.00. The second-order valence-corrected chi connectivity index (χ2v) is 7.74. The topological polar surface area (TPSA) is 70.7 Å². The number of hydrogen-bond acceptors (Lipinski definition) is 6. The van der Waals surface area contributed by atoms with Gasteiger partial charge in [-0.2, -0.15) is 4.98 Å². The van der Waals surface area contributed by atoms with Gasteiger partial charge in [0.05, 0.1) is 20.3 Å². The van der Waals surface area contributed by atoms with Gasteiger partial charge in [0.2, 0.25) is 5.95 Å². The highest BCUT2D eigenvalue weighted by Crippen LogP contribution is 2.28. The summed E-state index contributed by atoms with van der Waals surface area (Å²) in [4.78, 5) is 24.7. The van der Waals surface area contributed by atoms with Crippen LogP contribution in [0.4, 0.5) is 11.8 Å². The Morgan fingerprint density at radius 2 is 2.00 bits per heavy atom. The van der Waals surface area contributed by atoms with E-state index in [1.807, 2.05) is 12.1 Å². The Labute approximate surface area is 171 Å². The number of hydrogen-bond donors (Lipinski definition) is 1. The van der Waals surface area contributed by atoms with E-state index < -0.39 is 0 Å². The number of morpholine rings is 1. The fraction of sp³-hybridized carbons (Fsp3) is 0.545. The van der Waals surface area contributed by atoms with Crippen LogP contribution in [0.5, 0.6) is 5.75 Å². The molecule has 3 heterocycles.